The number of hydrogen-bond donors (Lipinski definition) is 0. The van der Waals surface area contributed by atoms with Crippen molar-refractivity contribution in [3.05, 3.63) is 84.9 Å². The molecule has 0 saturated heterocycles. The van der Waals surface area contributed by atoms with E-state index in [1.54, 1.807) is 25.1 Å². The maximum atomic E-state index is 13.2. The van der Waals surface area contributed by atoms with Crippen LogP contribution < -0.4 is 4.90 Å². The summed E-state index contributed by atoms with van der Waals surface area (Å²) >= 11 is 0. The van der Waals surface area contributed by atoms with E-state index < -0.39 is 21.7 Å². The van der Waals surface area contributed by atoms with Gasteiger partial charge in [-0.05, 0) is 30.9 Å². The Kier molecular flexibility index (Phi) is 3.90. The summed E-state index contributed by atoms with van der Waals surface area (Å²) in [7, 11) is 0. The van der Waals surface area contributed by atoms with Crippen molar-refractivity contribution in [3.8, 4) is 0 Å². The number of non-ortho nitro benzene ring substituents is 2. The first kappa shape index (κ1) is 18.2. The molecular formula is C20H13N3O6. The molecule has 9 heteroatoms. The fourth-order valence-electron chi connectivity index (χ4n) is 3.64. The average molecular weight is 391 g/mol. The summed E-state index contributed by atoms with van der Waals surface area (Å²) in [6, 6.07) is 9.59. The topological polar surface area (TPSA) is 124 Å². The van der Waals surface area contributed by atoms with Gasteiger partial charge in [0.1, 0.15) is 0 Å². The van der Waals surface area contributed by atoms with E-state index in [2.05, 4.69) is 0 Å². The van der Waals surface area contributed by atoms with Crippen molar-refractivity contribution < 1.29 is 19.4 Å². The molecule has 1 aliphatic rings. The Morgan fingerprint density at radius 2 is 1.31 bits per heavy atom. The number of carbonyl (C=O) groups is 2. The van der Waals surface area contributed by atoms with Gasteiger partial charge in [0.05, 0.1) is 26.7 Å². The van der Waals surface area contributed by atoms with Crippen LogP contribution in [-0.2, 0) is 0 Å². The molecule has 29 heavy (non-hydrogen) atoms. The lowest BCUT2D eigenvalue weighted by atomic mass is 9.92. The smallest absolute Gasteiger partial charge is 0.268 e. The third-order valence-electron chi connectivity index (χ3n) is 4.90. The van der Waals surface area contributed by atoms with E-state index >= 15 is 0 Å². The Morgan fingerprint density at radius 1 is 0.793 bits per heavy atom. The molecule has 0 aromatic heterocycles. The highest BCUT2D eigenvalue weighted by Crippen LogP contribution is 2.38. The summed E-state index contributed by atoms with van der Waals surface area (Å²) in [6.07, 6.45) is 0. The third kappa shape index (κ3) is 2.71. The lowest BCUT2D eigenvalue weighted by Crippen LogP contribution is -2.41. The number of nitro groups is 2. The van der Waals surface area contributed by atoms with Gasteiger partial charge < -0.3 is 0 Å². The SMILES string of the molecule is Cc1ccc(N2C(=O)c3cc([N+](=O)[O-])cc4cc([N+](=O)[O-])cc(c34)C2=O)c(C)c1. The van der Waals surface area contributed by atoms with Crippen molar-refractivity contribution in [3.63, 3.8) is 0 Å². The number of rotatable bonds is 3. The molecule has 1 aliphatic heterocycles. The van der Waals surface area contributed by atoms with Crippen molar-refractivity contribution in [1.29, 1.82) is 0 Å². The Labute approximate surface area is 163 Å². The molecule has 1 heterocycles. The number of anilines is 1. The summed E-state index contributed by atoms with van der Waals surface area (Å²) in [5, 5.41) is 22.9. The lowest BCUT2D eigenvalue weighted by molar-refractivity contribution is -0.385. The highest BCUT2D eigenvalue weighted by molar-refractivity contribution is 6.36. The molecule has 4 rings (SSSR count). The van der Waals surface area contributed by atoms with Crippen LogP contribution in [0, 0.1) is 34.1 Å². The fraction of sp³-hybridized carbons (Fsp3) is 0.100. The quantitative estimate of drug-likeness (QED) is 0.376. The second-order valence-corrected chi connectivity index (χ2v) is 6.83. The van der Waals surface area contributed by atoms with Crippen LogP contribution in [0.3, 0.4) is 0 Å². The summed E-state index contributed by atoms with van der Waals surface area (Å²) in [5.41, 5.74) is 1.04. The van der Waals surface area contributed by atoms with Crippen molar-refractivity contribution in [1.82, 2.24) is 0 Å². The van der Waals surface area contributed by atoms with Gasteiger partial charge >= 0.3 is 0 Å². The molecule has 9 nitrogen and oxygen atoms in total. The molecule has 0 bridgehead atoms. The molecule has 2 amide bonds. The van der Waals surface area contributed by atoms with Gasteiger partial charge in [-0.2, -0.15) is 0 Å². The van der Waals surface area contributed by atoms with Gasteiger partial charge in [0.25, 0.3) is 23.2 Å². The molecule has 0 unspecified atom stereocenters. The standard InChI is InChI=1S/C20H13N3O6/c1-10-3-4-17(11(2)5-10)21-19(24)15-8-13(22(26)27)6-12-7-14(23(28)29)9-16(18(12)15)20(21)25/h3-9H,1-2H3. The molecule has 0 atom stereocenters. The van der Waals surface area contributed by atoms with Gasteiger partial charge in [-0.1, -0.05) is 17.7 Å². The van der Waals surface area contributed by atoms with Crippen molar-refractivity contribution in [2.75, 3.05) is 4.90 Å². The molecule has 0 saturated carbocycles. The van der Waals surface area contributed by atoms with Crippen molar-refractivity contribution in [2.24, 2.45) is 0 Å². The molecule has 0 aliphatic carbocycles. The summed E-state index contributed by atoms with van der Waals surface area (Å²) in [4.78, 5) is 48.6. The average Bonchev–Trinajstić information content (AvgIpc) is 2.66. The highest BCUT2D eigenvalue weighted by Gasteiger charge is 2.37. The second-order valence-electron chi connectivity index (χ2n) is 6.83. The maximum Gasteiger partial charge on any atom is 0.270 e. The first-order chi connectivity index (χ1) is 13.7. The normalized spacial score (nSPS) is 13.1. The number of nitrogens with zero attached hydrogens (tertiary/aromatic N) is 3. The van der Waals surface area contributed by atoms with Crippen LogP contribution in [0.1, 0.15) is 31.8 Å². The Balaban J connectivity index is 2.07. The highest BCUT2D eigenvalue weighted by atomic mass is 16.6. The summed E-state index contributed by atoms with van der Waals surface area (Å²) < 4.78 is 0. The minimum Gasteiger partial charge on any atom is -0.268 e. The van der Waals surface area contributed by atoms with E-state index in [1.165, 1.54) is 0 Å². The van der Waals surface area contributed by atoms with Gasteiger partial charge in [0, 0.05) is 29.7 Å². The van der Waals surface area contributed by atoms with E-state index in [4.69, 9.17) is 0 Å². The summed E-state index contributed by atoms with van der Waals surface area (Å²) in [5.74, 6) is -1.42. The molecule has 3 aromatic rings. The number of aryl methyl sites for hydroxylation is 2. The Morgan fingerprint density at radius 3 is 1.76 bits per heavy atom. The van der Waals surface area contributed by atoms with Crippen LogP contribution in [0.5, 0.6) is 0 Å². The van der Waals surface area contributed by atoms with Crippen LogP contribution in [-0.4, -0.2) is 21.7 Å². The number of benzene rings is 3. The van der Waals surface area contributed by atoms with Gasteiger partial charge in [-0.3, -0.25) is 29.8 Å². The van der Waals surface area contributed by atoms with Crippen LogP contribution in [0.4, 0.5) is 17.1 Å². The number of carbonyl (C=O) groups excluding carboxylic acids is 2. The number of hydrogen-bond acceptors (Lipinski definition) is 6. The lowest BCUT2D eigenvalue weighted by Gasteiger charge is -2.28. The van der Waals surface area contributed by atoms with Crippen LogP contribution >= 0.6 is 0 Å². The molecule has 144 valence electrons. The van der Waals surface area contributed by atoms with Gasteiger partial charge in [-0.25, -0.2) is 4.90 Å². The van der Waals surface area contributed by atoms with Gasteiger partial charge in [0.2, 0.25) is 0 Å². The zero-order chi connectivity index (χ0) is 21.0. The third-order valence-corrected chi connectivity index (χ3v) is 4.90. The molecule has 0 fully saturated rings. The van der Waals surface area contributed by atoms with Gasteiger partial charge in [-0.15, -0.1) is 0 Å². The van der Waals surface area contributed by atoms with Crippen molar-refractivity contribution in [2.45, 2.75) is 13.8 Å². The zero-order valence-corrected chi connectivity index (χ0v) is 15.3. The Bertz CT molecular complexity index is 1210. The predicted molar refractivity (Wildman–Crippen MR) is 104 cm³/mol. The number of amides is 2. The van der Waals surface area contributed by atoms with Gasteiger partial charge in [0.15, 0.2) is 0 Å². The fourth-order valence-corrected chi connectivity index (χ4v) is 3.64. The van der Waals surface area contributed by atoms with E-state index in [9.17, 15) is 29.8 Å². The largest absolute Gasteiger partial charge is 0.270 e. The molecule has 0 N–H and O–H groups in total. The predicted octanol–water partition coefficient (Wildman–Crippen LogP) is 4.07. The minimum absolute atomic E-state index is 0.0429. The summed E-state index contributed by atoms with van der Waals surface area (Å²) in [6.45, 7) is 3.59. The molecular weight excluding hydrogens is 378 g/mol. The number of nitro benzene ring substituents is 2. The Hall–Kier alpha value is -4.14. The zero-order valence-electron chi connectivity index (χ0n) is 15.3. The van der Waals surface area contributed by atoms with Crippen molar-refractivity contribution >= 4 is 39.6 Å². The second kappa shape index (κ2) is 6.20. The maximum absolute atomic E-state index is 13.2. The first-order valence-corrected chi connectivity index (χ1v) is 8.55. The molecule has 0 spiro atoms. The van der Waals surface area contributed by atoms with Crippen LogP contribution in [0.2, 0.25) is 0 Å². The van der Waals surface area contributed by atoms with E-state index in [-0.39, 0.29) is 33.3 Å². The first-order valence-electron chi connectivity index (χ1n) is 8.55. The van der Waals surface area contributed by atoms with E-state index in [0.717, 1.165) is 34.7 Å². The van der Waals surface area contributed by atoms with E-state index in [0.29, 0.717) is 11.3 Å². The monoisotopic (exact) mass is 391 g/mol. The number of imide groups is 1. The molecule has 3 aromatic carbocycles. The van der Waals surface area contributed by atoms with Crippen LogP contribution in [0.15, 0.2) is 42.5 Å². The molecule has 0 radical (unpaired) electrons. The van der Waals surface area contributed by atoms with E-state index in [1.807, 2.05) is 6.92 Å². The minimum atomic E-state index is -0.711. The van der Waals surface area contributed by atoms with Crippen LogP contribution in [0.25, 0.3) is 10.8 Å².